The highest BCUT2D eigenvalue weighted by atomic mass is 16.4. The van der Waals surface area contributed by atoms with Crippen molar-refractivity contribution in [1.29, 1.82) is 0 Å². The molecular weight excluding hydrogens is 312 g/mol. The number of hydrogen-bond donors (Lipinski definition) is 3. The van der Waals surface area contributed by atoms with Crippen LogP contribution in [-0.4, -0.2) is 40.6 Å². The van der Waals surface area contributed by atoms with Crippen LogP contribution in [0.15, 0.2) is 53.8 Å². The van der Waals surface area contributed by atoms with E-state index in [1.54, 1.807) is 24.3 Å². The van der Waals surface area contributed by atoms with Crippen LogP contribution in [-0.2, 0) is 4.79 Å². The van der Waals surface area contributed by atoms with Crippen molar-refractivity contribution < 1.29 is 19.5 Å². The molecule has 0 spiro atoms. The fraction of sp³-hybridized carbons (Fsp3) is 0.0625. The van der Waals surface area contributed by atoms with E-state index in [0.717, 1.165) is 0 Å². The van der Waals surface area contributed by atoms with Crippen molar-refractivity contribution >= 4 is 24.0 Å². The first-order valence-electron chi connectivity index (χ1n) is 6.91. The molecule has 0 saturated heterocycles. The minimum atomic E-state index is -1.02. The molecule has 2 amide bonds. The third-order valence-electron chi connectivity index (χ3n) is 2.87. The summed E-state index contributed by atoms with van der Waals surface area (Å²) in [5.41, 5.74) is 3.25. The molecule has 0 fully saturated rings. The minimum Gasteiger partial charge on any atom is -0.478 e. The number of aromatic carboxylic acids is 1. The minimum absolute atomic E-state index is 0.161. The second kappa shape index (κ2) is 8.18. The molecule has 2 aromatic rings. The number of pyridine rings is 1. The van der Waals surface area contributed by atoms with Gasteiger partial charge in [-0.25, -0.2) is 10.2 Å². The van der Waals surface area contributed by atoms with Gasteiger partial charge in [0.25, 0.3) is 11.8 Å². The van der Waals surface area contributed by atoms with Crippen molar-refractivity contribution in [2.24, 2.45) is 5.10 Å². The predicted molar refractivity (Wildman–Crippen MR) is 85.7 cm³/mol. The number of carbonyl (C=O) groups is 3. The number of nitrogens with zero attached hydrogens (tertiary/aromatic N) is 2. The summed E-state index contributed by atoms with van der Waals surface area (Å²) in [7, 11) is 0. The molecule has 0 atom stereocenters. The highest BCUT2D eigenvalue weighted by Crippen LogP contribution is 2.02. The fourth-order valence-corrected chi connectivity index (χ4v) is 1.68. The van der Waals surface area contributed by atoms with Crippen molar-refractivity contribution in [3.8, 4) is 0 Å². The molecule has 0 aliphatic carbocycles. The van der Waals surface area contributed by atoms with Crippen LogP contribution in [0.3, 0.4) is 0 Å². The summed E-state index contributed by atoms with van der Waals surface area (Å²) >= 11 is 0. The van der Waals surface area contributed by atoms with Crippen LogP contribution in [0.2, 0.25) is 0 Å². The van der Waals surface area contributed by atoms with Crippen LogP contribution < -0.4 is 10.7 Å². The van der Waals surface area contributed by atoms with Crippen LogP contribution in [0.25, 0.3) is 0 Å². The maximum atomic E-state index is 11.7. The van der Waals surface area contributed by atoms with Crippen LogP contribution in [0, 0.1) is 0 Å². The quantitative estimate of drug-likeness (QED) is 0.532. The summed E-state index contributed by atoms with van der Waals surface area (Å²) < 4.78 is 0. The molecule has 8 nitrogen and oxygen atoms in total. The molecule has 2 rings (SSSR count). The Kier molecular flexibility index (Phi) is 5.73. The fourth-order valence-electron chi connectivity index (χ4n) is 1.68. The van der Waals surface area contributed by atoms with Gasteiger partial charge in [-0.2, -0.15) is 5.10 Å². The van der Waals surface area contributed by atoms with E-state index in [1.807, 2.05) is 0 Å². The van der Waals surface area contributed by atoms with E-state index >= 15 is 0 Å². The van der Waals surface area contributed by atoms with Gasteiger partial charge in [0.2, 0.25) is 0 Å². The topological polar surface area (TPSA) is 121 Å². The van der Waals surface area contributed by atoms with E-state index in [1.165, 1.54) is 30.6 Å². The zero-order valence-corrected chi connectivity index (χ0v) is 12.5. The SMILES string of the molecule is O=C(CNC(=O)c1ccccn1)N/N=C\c1ccc(C(=O)O)cc1. The van der Waals surface area contributed by atoms with E-state index in [-0.39, 0.29) is 17.8 Å². The lowest BCUT2D eigenvalue weighted by atomic mass is 10.1. The normalized spacial score (nSPS) is 10.3. The summed E-state index contributed by atoms with van der Waals surface area (Å²) in [4.78, 5) is 37.8. The van der Waals surface area contributed by atoms with Gasteiger partial charge < -0.3 is 10.4 Å². The highest BCUT2D eigenvalue weighted by molar-refractivity contribution is 5.95. The first kappa shape index (κ1) is 16.8. The first-order valence-corrected chi connectivity index (χ1v) is 6.91. The van der Waals surface area contributed by atoms with Crippen molar-refractivity contribution in [2.45, 2.75) is 0 Å². The lowest BCUT2D eigenvalue weighted by Gasteiger charge is -2.03. The number of rotatable bonds is 6. The Morgan fingerprint density at radius 3 is 2.50 bits per heavy atom. The summed E-state index contributed by atoms with van der Waals surface area (Å²) in [6, 6.07) is 10.9. The van der Waals surface area contributed by atoms with Crippen LogP contribution in [0.1, 0.15) is 26.4 Å². The van der Waals surface area contributed by atoms with Gasteiger partial charge in [0.1, 0.15) is 5.69 Å². The van der Waals surface area contributed by atoms with Gasteiger partial charge in [0, 0.05) is 6.20 Å². The van der Waals surface area contributed by atoms with Gasteiger partial charge in [-0.1, -0.05) is 18.2 Å². The number of carboxylic acid groups (broad SMARTS) is 1. The van der Waals surface area contributed by atoms with Gasteiger partial charge in [0.15, 0.2) is 0 Å². The highest BCUT2D eigenvalue weighted by Gasteiger charge is 2.07. The summed E-state index contributed by atoms with van der Waals surface area (Å²) in [6.07, 6.45) is 2.85. The van der Waals surface area contributed by atoms with E-state index in [2.05, 4.69) is 20.8 Å². The molecule has 0 aliphatic rings. The van der Waals surface area contributed by atoms with Gasteiger partial charge in [-0.05, 0) is 29.8 Å². The van der Waals surface area contributed by atoms with Crippen molar-refractivity contribution in [2.75, 3.05) is 6.54 Å². The standard InChI is InChI=1S/C16H14N4O4/c21-14(10-18-15(22)13-3-1-2-8-17-13)20-19-9-11-4-6-12(7-5-11)16(23)24/h1-9H,10H2,(H,18,22)(H,20,21)(H,23,24)/b19-9-. The van der Waals surface area contributed by atoms with Crippen molar-refractivity contribution in [1.82, 2.24) is 15.7 Å². The maximum absolute atomic E-state index is 11.7. The zero-order valence-electron chi connectivity index (χ0n) is 12.5. The smallest absolute Gasteiger partial charge is 0.335 e. The molecule has 0 bridgehead atoms. The Hall–Kier alpha value is -3.55. The van der Waals surface area contributed by atoms with E-state index in [9.17, 15) is 14.4 Å². The monoisotopic (exact) mass is 326 g/mol. The van der Waals surface area contributed by atoms with Crippen LogP contribution >= 0.6 is 0 Å². The molecule has 24 heavy (non-hydrogen) atoms. The Balaban J connectivity index is 1.78. The van der Waals surface area contributed by atoms with E-state index < -0.39 is 17.8 Å². The summed E-state index contributed by atoms with van der Waals surface area (Å²) in [5.74, 6) is -1.98. The van der Waals surface area contributed by atoms with E-state index in [4.69, 9.17) is 5.11 Å². The summed E-state index contributed by atoms with van der Waals surface area (Å²) in [5, 5.41) is 14.9. The molecule has 0 unspecified atom stereocenters. The van der Waals surface area contributed by atoms with E-state index in [0.29, 0.717) is 5.56 Å². The molecule has 8 heteroatoms. The summed E-state index contributed by atoms with van der Waals surface area (Å²) in [6.45, 7) is -0.245. The number of hydrazone groups is 1. The molecule has 1 aromatic carbocycles. The van der Waals surface area contributed by atoms with Gasteiger partial charge in [-0.15, -0.1) is 0 Å². The molecule has 1 aromatic heterocycles. The number of amides is 2. The number of carboxylic acids is 1. The average Bonchev–Trinajstić information content (AvgIpc) is 2.61. The van der Waals surface area contributed by atoms with Crippen molar-refractivity contribution in [3.63, 3.8) is 0 Å². The van der Waals surface area contributed by atoms with Gasteiger partial charge in [-0.3, -0.25) is 14.6 Å². The number of carbonyl (C=O) groups excluding carboxylic acids is 2. The molecule has 1 heterocycles. The number of hydrogen-bond acceptors (Lipinski definition) is 5. The number of benzene rings is 1. The third-order valence-corrected chi connectivity index (χ3v) is 2.87. The Morgan fingerprint density at radius 2 is 1.88 bits per heavy atom. The lowest BCUT2D eigenvalue weighted by Crippen LogP contribution is -2.35. The second-order valence-electron chi connectivity index (χ2n) is 4.62. The van der Waals surface area contributed by atoms with Crippen LogP contribution in [0.5, 0.6) is 0 Å². The molecule has 3 N–H and O–H groups in total. The lowest BCUT2D eigenvalue weighted by molar-refractivity contribution is -0.120. The predicted octanol–water partition coefficient (Wildman–Crippen LogP) is 0.660. The second-order valence-corrected chi connectivity index (χ2v) is 4.62. The first-order chi connectivity index (χ1) is 11.6. The number of nitrogens with one attached hydrogen (secondary N) is 2. The molecule has 0 aliphatic heterocycles. The Morgan fingerprint density at radius 1 is 1.12 bits per heavy atom. The molecule has 0 radical (unpaired) electrons. The largest absolute Gasteiger partial charge is 0.478 e. The molecular formula is C16H14N4O4. The Bertz CT molecular complexity index is 757. The zero-order chi connectivity index (χ0) is 17.4. The maximum Gasteiger partial charge on any atom is 0.335 e. The average molecular weight is 326 g/mol. The molecule has 122 valence electrons. The third kappa shape index (κ3) is 5.02. The van der Waals surface area contributed by atoms with Crippen molar-refractivity contribution in [3.05, 3.63) is 65.5 Å². The molecule has 0 saturated carbocycles. The van der Waals surface area contributed by atoms with Crippen LogP contribution in [0.4, 0.5) is 0 Å². The van der Waals surface area contributed by atoms with Gasteiger partial charge in [0.05, 0.1) is 18.3 Å². The van der Waals surface area contributed by atoms with Gasteiger partial charge >= 0.3 is 5.97 Å². The number of aromatic nitrogens is 1. The Labute approximate surface area is 137 Å².